The first kappa shape index (κ1) is 11.0. The van der Waals surface area contributed by atoms with Gasteiger partial charge in [0, 0.05) is 0 Å². The van der Waals surface area contributed by atoms with E-state index < -0.39 is 5.60 Å². The average Bonchev–Trinajstić information content (AvgIpc) is 2.11. The van der Waals surface area contributed by atoms with E-state index in [0.717, 1.165) is 0 Å². The number of hydrogen-bond acceptors (Lipinski definition) is 4. The van der Waals surface area contributed by atoms with Crippen LogP contribution in [0.2, 0.25) is 10.4 Å². The smallest absolute Gasteiger partial charge is 0.258 e. The van der Waals surface area contributed by atoms with Crippen LogP contribution in [-0.2, 0) is 0 Å². The zero-order chi connectivity index (χ0) is 10.8. The predicted octanol–water partition coefficient (Wildman–Crippen LogP) is 1.97. The van der Waals surface area contributed by atoms with E-state index in [2.05, 4.69) is 21.1 Å². The van der Waals surface area contributed by atoms with Crippen LogP contribution in [0.3, 0.4) is 0 Å². The molecule has 0 saturated carbocycles. The first-order valence-electron chi connectivity index (χ1n) is 3.67. The zero-order valence-electron chi connectivity index (χ0n) is 7.58. The van der Waals surface area contributed by atoms with Gasteiger partial charge in [-0.05, 0) is 25.4 Å². The van der Waals surface area contributed by atoms with Crippen molar-refractivity contribution in [3.05, 3.63) is 10.4 Å². The van der Waals surface area contributed by atoms with E-state index in [1.165, 1.54) is 0 Å². The number of aromatic nitrogens is 3. The summed E-state index contributed by atoms with van der Waals surface area (Å²) in [6, 6.07) is 0. The van der Waals surface area contributed by atoms with Crippen LogP contribution < -0.4 is 4.74 Å². The molecule has 0 unspecified atom stereocenters. The fraction of sp³-hybridized carbons (Fsp3) is 0.375. The molecule has 0 aliphatic heterocycles. The number of nitrogens with zero attached hydrogens (tertiary/aromatic N) is 3. The Labute approximate surface area is 91.6 Å². The van der Waals surface area contributed by atoms with Gasteiger partial charge < -0.3 is 4.74 Å². The minimum atomic E-state index is -0.816. The molecular formula is C8H7Cl2N3O. The molecule has 0 aromatic carbocycles. The lowest BCUT2D eigenvalue weighted by atomic mass is 10.1. The van der Waals surface area contributed by atoms with Crippen LogP contribution in [-0.4, -0.2) is 20.8 Å². The fourth-order valence-electron chi connectivity index (χ4n) is 0.616. The van der Waals surface area contributed by atoms with Crippen LogP contribution in [0.15, 0.2) is 0 Å². The maximum atomic E-state index is 5.67. The lowest BCUT2D eigenvalue weighted by molar-refractivity contribution is 0.163. The minimum absolute atomic E-state index is 0.0257. The van der Waals surface area contributed by atoms with Crippen molar-refractivity contribution in [3.63, 3.8) is 0 Å². The van der Waals surface area contributed by atoms with E-state index in [4.69, 9.17) is 34.4 Å². The Morgan fingerprint density at radius 3 is 2.57 bits per heavy atom. The molecular weight excluding hydrogens is 225 g/mol. The first-order valence-corrected chi connectivity index (χ1v) is 4.43. The summed E-state index contributed by atoms with van der Waals surface area (Å²) in [6.45, 7) is 3.39. The van der Waals surface area contributed by atoms with E-state index in [0.29, 0.717) is 0 Å². The number of terminal acetylenes is 1. The van der Waals surface area contributed by atoms with Crippen LogP contribution in [0, 0.1) is 12.3 Å². The molecule has 0 aliphatic carbocycles. The predicted molar refractivity (Wildman–Crippen MR) is 53.4 cm³/mol. The van der Waals surface area contributed by atoms with Crippen LogP contribution in [0.25, 0.3) is 0 Å². The second kappa shape index (κ2) is 3.99. The van der Waals surface area contributed by atoms with Crippen molar-refractivity contribution in [2.24, 2.45) is 0 Å². The standard InChI is InChI=1S/C8H7Cl2N3O/c1-4-8(2,3)14-6-5(9)12-13-7(10)11-6/h1H,2-3H3. The van der Waals surface area contributed by atoms with Crippen molar-refractivity contribution in [3.8, 4) is 18.2 Å². The summed E-state index contributed by atoms with van der Waals surface area (Å²) in [5.74, 6) is 2.50. The van der Waals surface area contributed by atoms with Gasteiger partial charge in [-0.2, -0.15) is 4.98 Å². The Balaban J connectivity index is 2.98. The summed E-state index contributed by atoms with van der Waals surface area (Å²) >= 11 is 11.2. The van der Waals surface area contributed by atoms with Gasteiger partial charge in [0.1, 0.15) is 0 Å². The Hall–Kier alpha value is -1.05. The molecule has 0 amide bonds. The number of rotatable bonds is 2. The molecule has 1 heterocycles. The summed E-state index contributed by atoms with van der Waals surface area (Å²) in [5.41, 5.74) is -0.816. The molecule has 74 valence electrons. The van der Waals surface area contributed by atoms with E-state index in [9.17, 15) is 0 Å². The van der Waals surface area contributed by atoms with Gasteiger partial charge in [0.25, 0.3) is 5.88 Å². The van der Waals surface area contributed by atoms with Gasteiger partial charge >= 0.3 is 0 Å². The van der Waals surface area contributed by atoms with Gasteiger partial charge in [-0.25, -0.2) is 0 Å². The largest absolute Gasteiger partial charge is 0.456 e. The molecule has 0 bridgehead atoms. The van der Waals surface area contributed by atoms with Gasteiger partial charge in [-0.1, -0.05) is 17.5 Å². The summed E-state index contributed by atoms with van der Waals surface area (Å²) in [7, 11) is 0. The van der Waals surface area contributed by atoms with E-state index >= 15 is 0 Å². The van der Waals surface area contributed by atoms with Crippen molar-refractivity contribution in [1.82, 2.24) is 15.2 Å². The lowest BCUT2D eigenvalue weighted by Gasteiger charge is -2.19. The Morgan fingerprint density at radius 1 is 1.36 bits per heavy atom. The Kier molecular flexibility index (Phi) is 3.14. The highest BCUT2D eigenvalue weighted by molar-refractivity contribution is 6.31. The lowest BCUT2D eigenvalue weighted by Crippen LogP contribution is -2.26. The maximum absolute atomic E-state index is 5.67. The van der Waals surface area contributed by atoms with E-state index in [1.807, 2.05) is 0 Å². The topological polar surface area (TPSA) is 47.9 Å². The molecule has 1 aromatic rings. The highest BCUT2D eigenvalue weighted by atomic mass is 35.5. The van der Waals surface area contributed by atoms with E-state index in [-0.39, 0.29) is 16.3 Å². The van der Waals surface area contributed by atoms with Gasteiger partial charge in [-0.3, -0.25) is 0 Å². The van der Waals surface area contributed by atoms with Gasteiger partial charge in [-0.15, -0.1) is 16.6 Å². The molecule has 0 saturated heterocycles. The van der Waals surface area contributed by atoms with Gasteiger partial charge in [0.05, 0.1) is 0 Å². The molecule has 1 aromatic heterocycles. The fourth-order valence-corrected chi connectivity index (χ4v) is 0.849. The van der Waals surface area contributed by atoms with Gasteiger partial charge in [0.15, 0.2) is 5.60 Å². The Bertz CT molecular complexity index is 387. The number of hydrogen-bond donors (Lipinski definition) is 0. The average molecular weight is 232 g/mol. The summed E-state index contributed by atoms with van der Waals surface area (Å²) in [4.78, 5) is 3.75. The van der Waals surface area contributed by atoms with Crippen molar-refractivity contribution in [2.75, 3.05) is 0 Å². The molecule has 6 heteroatoms. The zero-order valence-corrected chi connectivity index (χ0v) is 9.10. The molecule has 14 heavy (non-hydrogen) atoms. The van der Waals surface area contributed by atoms with Crippen molar-refractivity contribution >= 4 is 23.2 Å². The van der Waals surface area contributed by atoms with Crippen LogP contribution in [0.5, 0.6) is 5.88 Å². The minimum Gasteiger partial charge on any atom is -0.456 e. The third-order valence-corrected chi connectivity index (χ3v) is 1.69. The van der Waals surface area contributed by atoms with Crippen LogP contribution in [0.4, 0.5) is 0 Å². The molecule has 1 rings (SSSR count). The molecule has 0 N–H and O–H groups in total. The summed E-state index contributed by atoms with van der Waals surface area (Å²) < 4.78 is 5.30. The molecule has 0 atom stereocenters. The molecule has 0 spiro atoms. The third-order valence-electron chi connectivity index (χ3n) is 1.29. The quantitative estimate of drug-likeness (QED) is 0.731. The number of halogens is 2. The Morgan fingerprint density at radius 2 is 2.00 bits per heavy atom. The van der Waals surface area contributed by atoms with Crippen molar-refractivity contribution < 1.29 is 4.74 Å². The second-order valence-corrected chi connectivity index (χ2v) is 3.63. The van der Waals surface area contributed by atoms with Crippen molar-refractivity contribution in [2.45, 2.75) is 19.4 Å². The normalized spacial score (nSPS) is 10.8. The second-order valence-electron chi connectivity index (χ2n) is 2.93. The van der Waals surface area contributed by atoms with Crippen molar-refractivity contribution in [1.29, 1.82) is 0 Å². The molecule has 0 radical (unpaired) electrons. The van der Waals surface area contributed by atoms with Crippen LogP contribution in [0.1, 0.15) is 13.8 Å². The maximum Gasteiger partial charge on any atom is 0.258 e. The van der Waals surface area contributed by atoms with E-state index in [1.54, 1.807) is 13.8 Å². The highest BCUT2D eigenvalue weighted by Crippen LogP contribution is 2.23. The molecule has 4 nitrogen and oxygen atoms in total. The highest BCUT2D eigenvalue weighted by Gasteiger charge is 2.19. The molecule has 0 aliphatic rings. The first-order chi connectivity index (χ1) is 6.44. The number of ether oxygens (including phenoxy) is 1. The molecule has 0 fully saturated rings. The summed E-state index contributed by atoms with van der Waals surface area (Å²) in [5, 5.41) is 6.94. The monoisotopic (exact) mass is 231 g/mol. The SMILES string of the molecule is C#CC(C)(C)Oc1nc(Cl)nnc1Cl. The third kappa shape index (κ3) is 2.72. The van der Waals surface area contributed by atoms with Gasteiger partial charge in [0.2, 0.25) is 10.4 Å². The van der Waals surface area contributed by atoms with Crippen LogP contribution >= 0.6 is 23.2 Å². The summed E-state index contributed by atoms with van der Waals surface area (Å²) in [6.07, 6.45) is 5.23.